The van der Waals surface area contributed by atoms with Crippen molar-refractivity contribution in [1.82, 2.24) is 9.80 Å². The fourth-order valence-corrected chi connectivity index (χ4v) is 3.59. The molecule has 1 unspecified atom stereocenters. The van der Waals surface area contributed by atoms with Gasteiger partial charge in [0.1, 0.15) is 0 Å². The van der Waals surface area contributed by atoms with Gasteiger partial charge in [-0.3, -0.25) is 9.69 Å². The lowest BCUT2D eigenvalue weighted by Crippen LogP contribution is -2.56. The quantitative estimate of drug-likeness (QED) is 0.912. The predicted molar refractivity (Wildman–Crippen MR) is 86.1 cm³/mol. The summed E-state index contributed by atoms with van der Waals surface area (Å²) in [6.07, 6.45) is 3.78. The van der Waals surface area contributed by atoms with Gasteiger partial charge in [0.2, 0.25) is 0 Å². The Morgan fingerprint density at radius 2 is 2.14 bits per heavy atom. The normalized spacial score (nSPS) is 22.8. The van der Waals surface area contributed by atoms with E-state index in [2.05, 4.69) is 10.2 Å². The van der Waals surface area contributed by atoms with Gasteiger partial charge in [-0.05, 0) is 37.6 Å². The number of piperazine rings is 1. The molecule has 0 aromatic heterocycles. The van der Waals surface area contributed by atoms with Gasteiger partial charge in [0.05, 0.1) is 5.56 Å². The van der Waals surface area contributed by atoms with Crippen LogP contribution in [0.25, 0.3) is 0 Å². The number of carbonyl (C=O) groups excluding carboxylic acids is 1. The second-order valence-corrected chi connectivity index (χ2v) is 6.31. The molecule has 5 heteroatoms. The number of anilines is 1. The highest BCUT2D eigenvalue weighted by Gasteiger charge is 2.31. The number of nitrogens with one attached hydrogen (secondary N) is 1. The topological polar surface area (TPSA) is 35.6 Å². The predicted octanol–water partition coefficient (Wildman–Crippen LogP) is 2.69. The molecule has 0 bridgehead atoms. The van der Waals surface area contributed by atoms with Crippen LogP contribution in [0.1, 0.15) is 29.6 Å². The van der Waals surface area contributed by atoms with Crippen molar-refractivity contribution in [3.05, 3.63) is 28.8 Å². The summed E-state index contributed by atoms with van der Waals surface area (Å²) in [5, 5.41) is 3.69. The fraction of sp³-hybridized carbons (Fsp3) is 0.562. The first-order chi connectivity index (χ1) is 10.2. The molecule has 2 heterocycles. The molecule has 4 nitrogen and oxygen atoms in total. The summed E-state index contributed by atoms with van der Waals surface area (Å²) in [4.78, 5) is 17.3. The molecule has 0 spiro atoms. The number of nitrogens with zero attached hydrogens (tertiary/aromatic N) is 2. The Hall–Kier alpha value is -1.26. The van der Waals surface area contributed by atoms with Crippen LogP contribution in [0.3, 0.4) is 0 Å². The Balaban J connectivity index is 1.77. The van der Waals surface area contributed by atoms with Crippen LogP contribution in [0.2, 0.25) is 5.02 Å². The van der Waals surface area contributed by atoms with E-state index in [-0.39, 0.29) is 5.91 Å². The molecular weight excluding hydrogens is 286 g/mol. The first-order valence-electron chi connectivity index (χ1n) is 7.69. The molecule has 1 atom stereocenters. The van der Waals surface area contributed by atoms with Gasteiger partial charge in [0.15, 0.2) is 0 Å². The van der Waals surface area contributed by atoms with Crippen LogP contribution in [0.5, 0.6) is 0 Å². The molecule has 2 aliphatic rings. The Bertz CT molecular complexity index is 534. The summed E-state index contributed by atoms with van der Waals surface area (Å²) >= 11 is 6.06. The van der Waals surface area contributed by atoms with E-state index in [1.54, 1.807) is 6.07 Å². The molecule has 2 aliphatic heterocycles. The van der Waals surface area contributed by atoms with Gasteiger partial charge in [-0.1, -0.05) is 18.0 Å². The van der Waals surface area contributed by atoms with Crippen molar-refractivity contribution < 1.29 is 4.79 Å². The van der Waals surface area contributed by atoms with Crippen LogP contribution in [-0.2, 0) is 0 Å². The molecule has 0 saturated carbocycles. The maximum atomic E-state index is 12.8. The highest BCUT2D eigenvalue weighted by molar-refractivity contribution is 6.31. The largest absolute Gasteiger partial charge is 0.387 e. The van der Waals surface area contributed by atoms with Gasteiger partial charge >= 0.3 is 0 Å². The number of benzene rings is 1. The zero-order valence-electron chi connectivity index (χ0n) is 12.4. The number of hydrogen-bond acceptors (Lipinski definition) is 3. The van der Waals surface area contributed by atoms with Crippen LogP contribution in [0, 0.1) is 0 Å². The molecule has 1 aromatic carbocycles. The van der Waals surface area contributed by atoms with Crippen molar-refractivity contribution in [3.8, 4) is 0 Å². The van der Waals surface area contributed by atoms with Crippen molar-refractivity contribution in [1.29, 1.82) is 0 Å². The molecule has 1 amide bonds. The maximum absolute atomic E-state index is 12.8. The highest BCUT2D eigenvalue weighted by Crippen LogP contribution is 2.25. The van der Waals surface area contributed by atoms with Gasteiger partial charge < -0.3 is 10.2 Å². The third-order valence-electron chi connectivity index (χ3n) is 4.61. The van der Waals surface area contributed by atoms with Crippen LogP contribution in [-0.4, -0.2) is 55.0 Å². The second kappa shape index (κ2) is 6.24. The van der Waals surface area contributed by atoms with Gasteiger partial charge in [-0.15, -0.1) is 0 Å². The van der Waals surface area contributed by atoms with Crippen molar-refractivity contribution in [2.45, 2.75) is 25.3 Å². The number of piperidine rings is 1. The minimum atomic E-state index is 0.0899. The Morgan fingerprint density at radius 3 is 2.95 bits per heavy atom. The summed E-state index contributed by atoms with van der Waals surface area (Å²) in [6.45, 7) is 3.83. The van der Waals surface area contributed by atoms with Crippen LogP contribution >= 0.6 is 11.6 Å². The standard InChI is InChI=1S/C16H22ClN3O/c1-18-15-6-5-12(17)10-14(15)16(21)20-9-8-19-7-3-2-4-13(19)11-20/h5-6,10,13,18H,2-4,7-9,11H2,1H3. The molecule has 21 heavy (non-hydrogen) atoms. The SMILES string of the molecule is CNc1ccc(Cl)cc1C(=O)N1CCN2CCCCC2C1. The molecule has 1 aromatic rings. The number of carbonyl (C=O) groups is 1. The van der Waals surface area contributed by atoms with E-state index in [0.717, 1.165) is 25.3 Å². The van der Waals surface area contributed by atoms with Gasteiger partial charge in [0.25, 0.3) is 5.91 Å². The summed E-state index contributed by atoms with van der Waals surface area (Å²) in [7, 11) is 1.83. The molecule has 114 valence electrons. The van der Waals surface area contributed by atoms with Crippen molar-refractivity contribution in [2.75, 3.05) is 38.5 Å². The zero-order valence-corrected chi connectivity index (χ0v) is 13.2. The van der Waals surface area contributed by atoms with Gasteiger partial charge in [-0.2, -0.15) is 0 Å². The van der Waals surface area contributed by atoms with Crippen LogP contribution in [0.15, 0.2) is 18.2 Å². The molecule has 0 aliphatic carbocycles. The summed E-state index contributed by atoms with van der Waals surface area (Å²) in [6, 6.07) is 5.98. The number of halogens is 1. The third kappa shape index (κ3) is 3.01. The first kappa shape index (κ1) is 14.7. The van der Waals surface area contributed by atoms with Crippen molar-refractivity contribution in [3.63, 3.8) is 0 Å². The molecule has 3 rings (SSSR count). The smallest absolute Gasteiger partial charge is 0.256 e. The molecule has 2 fully saturated rings. The third-order valence-corrected chi connectivity index (χ3v) is 4.84. The lowest BCUT2D eigenvalue weighted by atomic mass is 9.99. The Morgan fingerprint density at radius 1 is 1.29 bits per heavy atom. The first-order valence-corrected chi connectivity index (χ1v) is 8.07. The van der Waals surface area contributed by atoms with E-state index < -0.39 is 0 Å². The number of amides is 1. The van der Waals surface area contributed by atoms with E-state index in [4.69, 9.17) is 11.6 Å². The lowest BCUT2D eigenvalue weighted by Gasteiger charge is -2.44. The number of fused-ring (bicyclic) bond motifs is 1. The minimum absolute atomic E-state index is 0.0899. The molecular formula is C16H22ClN3O. The van der Waals surface area contributed by atoms with E-state index in [1.165, 1.54) is 25.8 Å². The Kier molecular flexibility index (Phi) is 4.36. The second-order valence-electron chi connectivity index (χ2n) is 5.88. The fourth-order valence-electron chi connectivity index (χ4n) is 3.42. The van der Waals surface area contributed by atoms with E-state index in [0.29, 0.717) is 16.6 Å². The summed E-state index contributed by atoms with van der Waals surface area (Å²) < 4.78 is 0. The summed E-state index contributed by atoms with van der Waals surface area (Å²) in [5.74, 6) is 0.0899. The number of hydrogen-bond donors (Lipinski definition) is 1. The highest BCUT2D eigenvalue weighted by atomic mass is 35.5. The number of rotatable bonds is 2. The lowest BCUT2D eigenvalue weighted by molar-refractivity contribution is 0.0373. The monoisotopic (exact) mass is 307 g/mol. The van der Waals surface area contributed by atoms with Gasteiger partial charge in [0, 0.05) is 43.4 Å². The zero-order chi connectivity index (χ0) is 14.8. The Labute approximate surface area is 131 Å². The van der Waals surface area contributed by atoms with Crippen LogP contribution < -0.4 is 5.32 Å². The summed E-state index contributed by atoms with van der Waals surface area (Å²) in [5.41, 5.74) is 1.52. The maximum Gasteiger partial charge on any atom is 0.256 e. The average Bonchev–Trinajstić information content (AvgIpc) is 2.53. The average molecular weight is 308 g/mol. The van der Waals surface area contributed by atoms with Crippen LogP contribution in [0.4, 0.5) is 5.69 Å². The van der Waals surface area contributed by atoms with E-state index >= 15 is 0 Å². The van der Waals surface area contributed by atoms with Crippen molar-refractivity contribution in [2.24, 2.45) is 0 Å². The van der Waals surface area contributed by atoms with E-state index in [1.807, 2.05) is 24.1 Å². The molecule has 0 radical (unpaired) electrons. The van der Waals surface area contributed by atoms with Gasteiger partial charge in [-0.25, -0.2) is 0 Å². The van der Waals surface area contributed by atoms with Crippen molar-refractivity contribution >= 4 is 23.2 Å². The van der Waals surface area contributed by atoms with E-state index in [9.17, 15) is 4.79 Å². The molecule has 2 saturated heterocycles. The molecule has 1 N–H and O–H groups in total. The minimum Gasteiger partial charge on any atom is -0.387 e.